The van der Waals surface area contributed by atoms with Gasteiger partial charge >= 0.3 is 5.97 Å². The predicted molar refractivity (Wildman–Crippen MR) is 46.9 cm³/mol. The second kappa shape index (κ2) is 3.76. The van der Waals surface area contributed by atoms with Crippen LogP contribution in [0.25, 0.3) is 0 Å². The molecule has 0 aromatic carbocycles. The van der Waals surface area contributed by atoms with Gasteiger partial charge in [-0.1, -0.05) is 6.92 Å². The maximum absolute atomic E-state index is 10.5. The molecule has 66 valence electrons. The molecule has 1 aromatic heterocycles. The number of halogens is 1. The monoisotopic (exact) mass is 232 g/mol. The van der Waals surface area contributed by atoms with Crippen LogP contribution in [0.3, 0.4) is 0 Å². The van der Waals surface area contributed by atoms with Gasteiger partial charge in [0.2, 0.25) is 0 Å². The van der Waals surface area contributed by atoms with E-state index in [1.807, 2.05) is 0 Å². The molecule has 0 aliphatic heterocycles. The molecule has 3 nitrogen and oxygen atoms in total. The van der Waals surface area contributed by atoms with Crippen LogP contribution in [0.2, 0.25) is 0 Å². The van der Waals surface area contributed by atoms with E-state index in [0.717, 1.165) is 4.47 Å². The van der Waals surface area contributed by atoms with Crippen LogP contribution in [-0.4, -0.2) is 11.1 Å². The topological polar surface area (TPSA) is 50.4 Å². The van der Waals surface area contributed by atoms with Gasteiger partial charge in [-0.15, -0.1) is 0 Å². The molecule has 0 saturated carbocycles. The van der Waals surface area contributed by atoms with E-state index in [1.54, 1.807) is 19.3 Å². The van der Waals surface area contributed by atoms with E-state index in [9.17, 15) is 4.79 Å². The maximum atomic E-state index is 10.5. The molecule has 0 saturated heterocycles. The van der Waals surface area contributed by atoms with Gasteiger partial charge in [0, 0.05) is 6.42 Å². The molecular weight excluding hydrogens is 224 g/mol. The van der Waals surface area contributed by atoms with Crippen LogP contribution in [0.4, 0.5) is 0 Å². The molecule has 12 heavy (non-hydrogen) atoms. The third kappa shape index (κ3) is 2.37. The summed E-state index contributed by atoms with van der Waals surface area (Å²) in [5.41, 5.74) is 0. The number of carboxylic acid groups (broad SMARTS) is 1. The lowest BCUT2D eigenvalue weighted by molar-refractivity contribution is -0.141. The van der Waals surface area contributed by atoms with E-state index in [1.165, 1.54) is 0 Å². The van der Waals surface area contributed by atoms with E-state index in [2.05, 4.69) is 15.9 Å². The second-order valence-corrected chi connectivity index (χ2v) is 3.59. The number of hydrogen-bond acceptors (Lipinski definition) is 2. The molecule has 1 unspecified atom stereocenters. The first kappa shape index (κ1) is 9.32. The summed E-state index contributed by atoms with van der Waals surface area (Å²) in [6, 6.07) is 1.78. The fourth-order valence-corrected chi connectivity index (χ4v) is 1.20. The van der Waals surface area contributed by atoms with Gasteiger partial charge in [-0.3, -0.25) is 4.79 Å². The Hall–Kier alpha value is -0.770. The van der Waals surface area contributed by atoms with Crippen LogP contribution >= 0.6 is 15.9 Å². The average Bonchev–Trinajstić information content (AvgIpc) is 2.35. The lowest BCUT2D eigenvalue weighted by Crippen LogP contribution is -2.11. The minimum atomic E-state index is -0.803. The van der Waals surface area contributed by atoms with Crippen molar-refractivity contribution in [3.8, 4) is 0 Å². The lowest BCUT2D eigenvalue weighted by atomic mass is 10.1. The molecule has 0 amide bonds. The Kier molecular flexibility index (Phi) is 2.92. The zero-order chi connectivity index (χ0) is 9.14. The van der Waals surface area contributed by atoms with E-state index in [-0.39, 0.29) is 0 Å². The molecule has 0 aliphatic carbocycles. The van der Waals surface area contributed by atoms with Crippen molar-refractivity contribution in [1.82, 2.24) is 0 Å². The van der Waals surface area contributed by atoms with Crippen molar-refractivity contribution in [2.75, 3.05) is 0 Å². The second-order valence-electron chi connectivity index (χ2n) is 2.67. The Labute approximate surface area is 78.5 Å². The third-order valence-corrected chi connectivity index (χ3v) is 1.97. The fourth-order valence-electron chi connectivity index (χ4n) is 0.850. The van der Waals surface area contributed by atoms with Gasteiger partial charge in [0.1, 0.15) is 12.0 Å². The Morgan fingerprint density at radius 3 is 2.92 bits per heavy atom. The highest BCUT2D eigenvalue weighted by Gasteiger charge is 2.13. The molecule has 1 rings (SSSR count). The molecule has 4 heteroatoms. The highest BCUT2D eigenvalue weighted by atomic mass is 79.9. The molecule has 1 atom stereocenters. The van der Waals surface area contributed by atoms with E-state index in [4.69, 9.17) is 9.52 Å². The molecule has 0 bridgehead atoms. The summed E-state index contributed by atoms with van der Waals surface area (Å²) in [6.45, 7) is 1.65. The predicted octanol–water partition coefficient (Wildman–Crippen LogP) is 2.31. The Morgan fingerprint density at radius 2 is 2.50 bits per heavy atom. The number of furan rings is 1. The maximum Gasteiger partial charge on any atom is 0.306 e. The zero-order valence-electron chi connectivity index (χ0n) is 6.58. The first-order chi connectivity index (χ1) is 5.59. The SMILES string of the molecule is CC(Cc1cc(Br)co1)C(=O)O. The lowest BCUT2D eigenvalue weighted by Gasteiger charge is -2.01. The van der Waals surface area contributed by atoms with Gasteiger partial charge in [0.25, 0.3) is 0 Å². The minimum absolute atomic E-state index is 0.400. The third-order valence-electron chi connectivity index (χ3n) is 1.55. The van der Waals surface area contributed by atoms with Crippen LogP contribution in [0, 0.1) is 5.92 Å². The first-order valence-corrected chi connectivity index (χ1v) is 4.34. The van der Waals surface area contributed by atoms with E-state index in [0.29, 0.717) is 12.2 Å². The van der Waals surface area contributed by atoms with Gasteiger partial charge in [-0.25, -0.2) is 0 Å². The van der Waals surface area contributed by atoms with Gasteiger partial charge in [-0.05, 0) is 22.0 Å². The summed E-state index contributed by atoms with van der Waals surface area (Å²) in [7, 11) is 0. The standard InChI is InChI=1S/C8H9BrO3/c1-5(8(10)11)2-7-3-6(9)4-12-7/h3-5H,2H2,1H3,(H,10,11). The zero-order valence-corrected chi connectivity index (χ0v) is 8.17. The highest BCUT2D eigenvalue weighted by Crippen LogP contribution is 2.17. The summed E-state index contributed by atoms with van der Waals surface area (Å²) in [4.78, 5) is 10.5. The average molecular weight is 233 g/mol. The van der Waals surface area contributed by atoms with Crippen LogP contribution in [0.15, 0.2) is 21.2 Å². The molecule has 0 fully saturated rings. The van der Waals surface area contributed by atoms with Crippen molar-refractivity contribution >= 4 is 21.9 Å². The van der Waals surface area contributed by atoms with E-state index < -0.39 is 11.9 Å². The van der Waals surface area contributed by atoms with Gasteiger partial charge in [-0.2, -0.15) is 0 Å². The quantitative estimate of drug-likeness (QED) is 0.871. The summed E-state index contributed by atoms with van der Waals surface area (Å²) >= 11 is 3.22. The molecule has 1 aromatic rings. The Bertz CT molecular complexity index is 280. The number of hydrogen-bond donors (Lipinski definition) is 1. The van der Waals surface area contributed by atoms with Crippen LogP contribution in [0.1, 0.15) is 12.7 Å². The minimum Gasteiger partial charge on any atom is -0.481 e. The molecular formula is C8H9BrO3. The van der Waals surface area contributed by atoms with Gasteiger partial charge < -0.3 is 9.52 Å². The van der Waals surface area contributed by atoms with Gasteiger partial charge in [0.05, 0.1) is 10.4 Å². The van der Waals surface area contributed by atoms with Crippen LogP contribution in [0.5, 0.6) is 0 Å². The highest BCUT2D eigenvalue weighted by molar-refractivity contribution is 9.10. The number of carbonyl (C=O) groups is 1. The van der Waals surface area contributed by atoms with Crippen molar-refractivity contribution in [2.24, 2.45) is 5.92 Å². The van der Waals surface area contributed by atoms with Crippen molar-refractivity contribution in [1.29, 1.82) is 0 Å². The van der Waals surface area contributed by atoms with Crippen molar-refractivity contribution in [3.05, 3.63) is 22.6 Å². The normalized spacial score (nSPS) is 12.8. The molecule has 0 spiro atoms. The fraction of sp³-hybridized carbons (Fsp3) is 0.375. The summed E-state index contributed by atoms with van der Waals surface area (Å²) < 4.78 is 5.92. The van der Waals surface area contributed by atoms with Crippen LogP contribution < -0.4 is 0 Å². The Morgan fingerprint density at radius 1 is 1.83 bits per heavy atom. The van der Waals surface area contributed by atoms with Crippen molar-refractivity contribution < 1.29 is 14.3 Å². The first-order valence-electron chi connectivity index (χ1n) is 3.55. The smallest absolute Gasteiger partial charge is 0.306 e. The van der Waals surface area contributed by atoms with Gasteiger partial charge in [0.15, 0.2) is 0 Å². The largest absolute Gasteiger partial charge is 0.481 e. The summed E-state index contributed by atoms with van der Waals surface area (Å²) in [6.07, 6.45) is 1.98. The molecule has 0 radical (unpaired) electrons. The van der Waals surface area contributed by atoms with Crippen LogP contribution in [-0.2, 0) is 11.2 Å². The number of rotatable bonds is 3. The number of aliphatic carboxylic acids is 1. The number of carboxylic acids is 1. The Balaban J connectivity index is 2.58. The van der Waals surface area contributed by atoms with E-state index >= 15 is 0 Å². The summed E-state index contributed by atoms with van der Waals surface area (Å²) in [5, 5.41) is 8.60. The van der Waals surface area contributed by atoms with Crippen molar-refractivity contribution in [2.45, 2.75) is 13.3 Å². The molecule has 1 heterocycles. The van der Waals surface area contributed by atoms with Crippen molar-refractivity contribution in [3.63, 3.8) is 0 Å². The summed E-state index contributed by atoms with van der Waals surface area (Å²) in [5.74, 6) is -0.512. The molecule has 0 aliphatic rings. The molecule has 1 N–H and O–H groups in total.